The molecule has 2 fully saturated rings. The van der Waals surface area contributed by atoms with Crippen molar-refractivity contribution in [1.82, 2.24) is 25.5 Å². The lowest BCUT2D eigenvalue weighted by Crippen LogP contribution is -2.41. The average molecular weight is 474 g/mol. The third-order valence-corrected chi connectivity index (χ3v) is 6.27. The topological polar surface area (TPSA) is 91.2 Å². The fraction of sp³-hybridized carbons (Fsp3) is 0.600. The first-order chi connectivity index (χ1) is 15.2. The van der Waals surface area contributed by atoms with E-state index in [1.54, 1.807) is 24.3 Å². The van der Waals surface area contributed by atoms with Crippen molar-refractivity contribution in [2.45, 2.75) is 62.4 Å². The van der Waals surface area contributed by atoms with Gasteiger partial charge in [0.1, 0.15) is 5.75 Å². The molecule has 2 aliphatic carbocycles. The van der Waals surface area contributed by atoms with Crippen LogP contribution in [0.1, 0.15) is 50.4 Å². The maximum atomic E-state index is 12.3. The lowest BCUT2D eigenvalue weighted by molar-refractivity contribution is -0.353. The molecule has 0 saturated heterocycles. The number of nitrogens with zero attached hydrogens (tertiary/aromatic N) is 4. The molecule has 0 unspecified atom stereocenters. The highest BCUT2D eigenvalue weighted by Gasteiger charge is 2.45. The Hall–Kier alpha value is -2.40. The Bertz CT molecular complexity index is 927. The van der Waals surface area contributed by atoms with Crippen molar-refractivity contribution in [2.24, 2.45) is 0 Å². The van der Waals surface area contributed by atoms with Crippen molar-refractivity contribution in [3.05, 3.63) is 35.1 Å². The normalized spacial score (nSPS) is 22.0. The molecule has 32 heavy (non-hydrogen) atoms. The van der Waals surface area contributed by atoms with E-state index in [0.717, 1.165) is 19.3 Å². The quantitative estimate of drug-likeness (QED) is 0.598. The van der Waals surface area contributed by atoms with Crippen molar-refractivity contribution >= 4 is 17.5 Å². The number of amides is 1. The van der Waals surface area contributed by atoms with Gasteiger partial charge >= 0.3 is 6.36 Å². The summed E-state index contributed by atoms with van der Waals surface area (Å²) in [5, 5.41) is 16.1. The highest BCUT2D eigenvalue weighted by molar-refractivity contribution is 6.30. The van der Waals surface area contributed by atoms with Crippen molar-refractivity contribution in [3.63, 3.8) is 0 Å². The molecule has 0 spiro atoms. The SMILES string of the molecule is O=C(COc1ccc(Cl)cc1)NCCC1(c2nnn(C3CC(OC(F)(F)F)C3)n2)CCC1. The molecule has 8 nitrogen and oxygen atoms in total. The number of benzene rings is 1. The zero-order valence-corrected chi connectivity index (χ0v) is 17.9. The summed E-state index contributed by atoms with van der Waals surface area (Å²) in [6, 6.07) is 6.50. The van der Waals surface area contributed by atoms with Gasteiger partial charge in [0.25, 0.3) is 5.91 Å². The van der Waals surface area contributed by atoms with Gasteiger partial charge in [-0.25, -0.2) is 0 Å². The summed E-state index contributed by atoms with van der Waals surface area (Å²) < 4.78 is 46.3. The van der Waals surface area contributed by atoms with E-state index in [0.29, 0.717) is 29.6 Å². The van der Waals surface area contributed by atoms with Gasteiger partial charge < -0.3 is 10.1 Å². The molecule has 0 aliphatic heterocycles. The van der Waals surface area contributed by atoms with E-state index in [4.69, 9.17) is 16.3 Å². The number of ether oxygens (including phenoxy) is 2. The Balaban J connectivity index is 1.23. The molecule has 1 amide bonds. The molecule has 1 N–H and O–H groups in total. The molecule has 0 atom stereocenters. The van der Waals surface area contributed by atoms with E-state index in [2.05, 4.69) is 25.5 Å². The number of carbonyl (C=O) groups is 1. The minimum absolute atomic E-state index is 0.105. The zero-order chi connectivity index (χ0) is 22.8. The van der Waals surface area contributed by atoms with Crippen LogP contribution in [0.3, 0.4) is 0 Å². The number of hydrogen-bond acceptors (Lipinski definition) is 6. The van der Waals surface area contributed by atoms with E-state index in [9.17, 15) is 18.0 Å². The summed E-state index contributed by atoms with van der Waals surface area (Å²) in [4.78, 5) is 13.5. The number of aromatic nitrogens is 4. The molecule has 4 rings (SSSR count). The summed E-state index contributed by atoms with van der Waals surface area (Å²) in [7, 11) is 0. The van der Waals surface area contributed by atoms with E-state index in [1.807, 2.05) is 0 Å². The molecule has 12 heteroatoms. The predicted octanol–water partition coefficient (Wildman–Crippen LogP) is 3.57. The van der Waals surface area contributed by atoms with Crippen LogP contribution in [0.15, 0.2) is 24.3 Å². The van der Waals surface area contributed by atoms with Crippen LogP contribution in [0.2, 0.25) is 5.02 Å². The second kappa shape index (κ2) is 9.22. The van der Waals surface area contributed by atoms with Gasteiger partial charge in [0.05, 0.1) is 12.1 Å². The van der Waals surface area contributed by atoms with Gasteiger partial charge in [-0.15, -0.1) is 23.4 Å². The molecule has 2 aliphatic rings. The minimum Gasteiger partial charge on any atom is -0.484 e. The fourth-order valence-electron chi connectivity index (χ4n) is 3.96. The first-order valence-electron chi connectivity index (χ1n) is 10.4. The summed E-state index contributed by atoms with van der Waals surface area (Å²) >= 11 is 5.82. The van der Waals surface area contributed by atoms with E-state index < -0.39 is 12.5 Å². The molecule has 1 heterocycles. The minimum atomic E-state index is -4.63. The Morgan fingerprint density at radius 1 is 1.25 bits per heavy atom. The Morgan fingerprint density at radius 3 is 2.59 bits per heavy atom. The van der Waals surface area contributed by atoms with Crippen LogP contribution in [-0.4, -0.2) is 51.7 Å². The predicted molar refractivity (Wildman–Crippen MR) is 107 cm³/mol. The maximum Gasteiger partial charge on any atom is 0.522 e. The lowest BCUT2D eigenvalue weighted by Gasteiger charge is -2.39. The summed E-state index contributed by atoms with van der Waals surface area (Å²) in [5.74, 6) is 0.895. The number of hydrogen-bond donors (Lipinski definition) is 1. The van der Waals surface area contributed by atoms with Crippen molar-refractivity contribution in [2.75, 3.05) is 13.2 Å². The molecule has 0 radical (unpaired) electrons. The van der Waals surface area contributed by atoms with Crippen LogP contribution in [-0.2, 0) is 14.9 Å². The van der Waals surface area contributed by atoms with Gasteiger partial charge in [-0.2, -0.15) is 4.80 Å². The average Bonchev–Trinajstić information content (AvgIpc) is 3.15. The van der Waals surface area contributed by atoms with Gasteiger partial charge in [-0.3, -0.25) is 9.53 Å². The van der Waals surface area contributed by atoms with Gasteiger partial charge in [0, 0.05) is 17.0 Å². The standard InChI is InChI=1S/C20H23ClF3N5O3/c21-13-2-4-15(5-3-13)31-12-17(30)25-9-8-19(6-1-7-19)18-26-28-29(27-18)14-10-16(11-14)32-20(22,23)24/h2-5,14,16H,1,6-12H2,(H,25,30). The van der Waals surface area contributed by atoms with Gasteiger partial charge in [-0.05, 0) is 61.6 Å². The van der Waals surface area contributed by atoms with Gasteiger partial charge in [-0.1, -0.05) is 18.0 Å². The monoisotopic (exact) mass is 473 g/mol. The summed E-state index contributed by atoms with van der Waals surface area (Å²) in [6.45, 7) is 0.328. The Labute approximate surface area is 187 Å². The van der Waals surface area contributed by atoms with Gasteiger partial charge in [0.15, 0.2) is 12.4 Å². The van der Waals surface area contributed by atoms with Crippen LogP contribution in [0, 0.1) is 0 Å². The highest BCUT2D eigenvalue weighted by atomic mass is 35.5. The molecule has 2 aromatic rings. The van der Waals surface area contributed by atoms with Crippen molar-refractivity contribution < 1.29 is 27.4 Å². The lowest BCUT2D eigenvalue weighted by atomic mass is 9.66. The van der Waals surface area contributed by atoms with Gasteiger partial charge in [0.2, 0.25) is 0 Å². The first-order valence-corrected chi connectivity index (χ1v) is 10.8. The number of nitrogens with one attached hydrogen (secondary N) is 1. The smallest absolute Gasteiger partial charge is 0.484 e. The number of rotatable bonds is 9. The Kier molecular flexibility index (Phi) is 6.57. The summed E-state index contributed by atoms with van der Waals surface area (Å²) in [6.07, 6.45) is -1.67. The second-order valence-corrected chi connectivity index (χ2v) is 8.66. The molecular weight excluding hydrogens is 451 g/mol. The molecule has 1 aromatic heterocycles. The third-order valence-electron chi connectivity index (χ3n) is 6.02. The molecule has 0 bridgehead atoms. The molecular formula is C20H23ClF3N5O3. The number of halogens is 4. The van der Waals surface area contributed by atoms with E-state index in [1.165, 1.54) is 4.80 Å². The van der Waals surface area contributed by atoms with E-state index >= 15 is 0 Å². The van der Waals surface area contributed by atoms with Crippen LogP contribution < -0.4 is 10.1 Å². The van der Waals surface area contributed by atoms with Crippen LogP contribution in [0.4, 0.5) is 13.2 Å². The number of alkyl halides is 3. The first kappa shape index (κ1) is 22.8. The Morgan fingerprint density at radius 2 is 1.97 bits per heavy atom. The molecule has 2 saturated carbocycles. The zero-order valence-electron chi connectivity index (χ0n) is 17.1. The number of tetrazole rings is 1. The van der Waals surface area contributed by atoms with Crippen molar-refractivity contribution in [1.29, 1.82) is 0 Å². The second-order valence-electron chi connectivity index (χ2n) is 8.22. The van der Waals surface area contributed by atoms with Crippen LogP contribution in [0.25, 0.3) is 0 Å². The maximum absolute atomic E-state index is 12.3. The number of carbonyl (C=O) groups excluding carboxylic acids is 1. The van der Waals surface area contributed by atoms with Crippen LogP contribution >= 0.6 is 11.6 Å². The fourth-order valence-corrected chi connectivity index (χ4v) is 4.09. The highest BCUT2D eigenvalue weighted by Crippen LogP contribution is 2.45. The van der Waals surface area contributed by atoms with Crippen LogP contribution in [0.5, 0.6) is 5.75 Å². The summed E-state index contributed by atoms with van der Waals surface area (Å²) in [5.41, 5.74) is -0.270. The van der Waals surface area contributed by atoms with Crippen molar-refractivity contribution in [3.8, 4) is 5.75 Å². The van der Waals surface area contributed by atoms with E-state index in [-0.39, 0.29) is 36.8 Å². The largest absolute Gasteiger partial charge is 0.522 e. The molecule has 174 valence electrons. The third kappa shape index (κ3) is 5.50. The molecule has 1 aromatic carbocycles.